The molecule has 318 valence electrons. The molecule has 12 aromatic carbocycles. The Morgan fingerprint density at radius 1 is 0.250 bits per heavy atom. The molecule has 0 radical (unpaired) electrons. The maximum atomic E-state index is 2.47. The molecule has 0 saturated carbocycles. The van der Waals surface area contributed by atoms with Gasteiger partial charge in [-0.3, -0.25) is 0 Å². The molecule has 13 aromatic rings. The number of aromatic nitrogens is 1. The summed E-state index contributed by atoms with van der Waals surface area (Å²) < 4.78 is 2.44. The smallest absolute Gasteiger partial charge is 0.0541 e. The molecule has 68 heavy (non-hydrogen) atoms. The molecule has 0 aliphatic carbocycles. The second-order valence-electron chi connectivity index (χ2n) is 17.6. The van der Waals surface area contributed by atoms with Gasteiger partial charge < -0.3 is 9.47 Å². The maximum absolute atomic E-state index is 2.47. The normalized spacial score (nSPS) is 11.5. The SMILES string of the molecule is c1ccc(-c2ccc(-n3c4ccccc4c4ccccc43)c(-c3ccc(N(c4ccccc4-c4cccc5ccccc45)c4ccc(-c5ccc6ccccc6c5)c5ccccc45)cc3)c2)cc1. The van der Waals surface area contributed by atoms with Crippen molar-refractivity contribution in [3.63, 3.8) is 0 Å². The van der Waals surface area contributed by atoms with Crippen LogP contribution in [-0.4, -0.2) is 4.57 Å². The first-order valence-electron chi connectivity index (χ1n) is 23.4. The van der Waals surface area contributed by atoms with Crippen molar-refractivity contribution in [2.75, 3.05) is 4.90 Å². The van der Waals surface area contributed by atoms with Gasteiger partial charge >= 0.3 is 0 Å². The topological polar surface area (TPSA) is 8.17 Å². The molecule has 0 aliphatic rings. The van der Waals surface area contributed by atoms with Crippen LogP contribution in [0.5, 0.6) is 0 Å². The zero-order valence-corrected chi connectivity index (χ0v) is 37.3. The summed E-state index contributed by atoms with van der Waals surface area (Å²) in [4.78, 5) is 2.47. The fraction of sp³-hybridized carbons (Fsp3) is 0. The molecule has 0 atom stereocenters. The molecule has 0 fully saturated rings. The van der Waals surface area contributed by atoms with E-state index in [9.17, 15) is 0 Å². The van der Waals surface area contributed by atoms with Crippen LogP contribution in [0.1, 0.15) is 0 Å². The molecular formula is C66H44N2. The molecule has 1 heterocycles. The molecule has 0 aliphatic heterocycles. The van der Waals surface area contributed by atoms with Gasteiger partial charge in [0.25, 0.3) is 0 Å². The van der Waals surface area contributed by atoms with Gasteiger partial charge in [0.2, 0.25) is 0 Å². The number of rotatable bonds is 8. The summed E-state index contributed by atoms with van der Waals surface area (Å²) >= 11 is 0. The van der Waals surface area contributed by atoms with Gasteiger partial charge in [-0.25, -0.2) is 0 Å². The van der Waals surface area contributed by atoms with E-state index in [0.717, 1.165) is 33.9 Å². The summed E-state index contributed by atoms with van der Waals surface area (Å²) in [6.45, 7) is 0. The van der Waals surface area contributed by atoms with E-state index in [1.54, 1.807) is 0 Å². The number of benzene rings is 12. The second kappa shape index (κ2) is 16.5. The van der Waals surface area contributed by atoms with E-state index in [2.05, 4.69) is 276 Å². The first-order chi connectivity index (χ1) is 33.7. The predicted octanol–water partition coefficient (Wildman–Crippen LogP) is 18.4. The summed E-state index contributed by atoms with van der Waals surface area (Å²) in [6, 6.07) is 97.7. The standard InChI is InChI=1S/C66H44N2/c1-2-17-45(18-3-1)50-37-41-66(68-63-31-14-11-27-59(63)60-28-12-15-32-64(60)68)61(44-50)48-35-38-52(39-36-48)67(62-30-13-10-26-57(62)56-29-16-22-47-20-6-7-23-53(47)56)65-42-40-54(55-24-8-9-25-58(55)65)51-34-33-46-19-4-5-21-49(46)43-51/h1-44H. The van der Waals surface area contributed by atoms with Crippen LogP contribution in [-0.2, 0) is 0 Å². The summed E-state index contributed by atoms with van der Waals surface area (Å²) in [5.74, 6) is 0. The molecule has 0 bridgehead atoms. The van der Waals surface area contributed by atoms with Gasteiger partial charge in [-0.15, -0.1) is 0 Å². The molecule has 0 spiro atoms. The van der Waals surface area contributed by atoms with Crippen LogP contribution < -0.4 is 4.90 Å². The Balaban J connectivity index is 1.03. The highest BCUT2D eigenvalue weighted by molar-refractivity contribution is 6.11. The van der Waals surface area contributed by atoms with Crippen molar-refractivity contribution in [2.24, 2.45) is 0 Å². The van der Waals surface area contributed by atoms with Crippen LogP contribution in [0.4, 0.5) is 17.1 Å². The van der Waals surface area contributed by atoms with Crippen molar-refractivity contribution in [3.05, 3.63) is 267 Å². The lowest BCUT2D eigenvalue weighted by Crippen LogP contribution is -2.12. The Bertz CT molecular complexity index is 3970. The van der Waals surface area contributed by atoms with Crippen molar-refractivity contribution >= 4 is 71.2 Å². The summed E-state index contributed by atoms with van der Waals surface area (Å²) in [5, 5.41) is 9.80. The molecule has 0 saturated heterocycles. The van der Waals surface area contributed by atoms with Crippen LogP contribution in [0.3, 0.4) is 0 Å². The van der Waals surface area contributed by atoms with Gasteiger partial charge in [0.05, 0.1) is 28.1 Å². The quantitative estimate of drug-likeness (QED) is 0.148. The Hall–Kier alpha value is -8.98. The Morgan fingerprint density at radius 2 is 0.824 bits per heavy atom. The lowest BCUT2D eigenvalue weighted by Gasteiger charge is -2.30. The van der Waals surface area contributed by atoms with E-state index in [1.165, 1.54) is 87.5 Å². The van der Waals surface area contributed by atoms with E-state index in [4.69, 9.17) is 0 Å². The predicted molar refractivity (Wildman–Crippen MR) is 290 cm³/mol. The van der Waals surface area contributed by atoms with Crippen molar-refractivity contribution in [3.8, 4) is 50.2 Å². The number of hydrogen-bond donors (Lipinski definition) is 0. The van der Waals surface area contributed by atoms with Gasteiger partial charge in [0, 0.05) is 33.0 Å². The Labute approximate surface area is 395 Å². The third kappa shape index (κ3) is 6.65. The monoisotopic (exact) mass is 864 g/mol. The van der Waals surface area contributed by atoms with Gasteiger partial charge in [0.15, 0.2) is 0 Å². The summed E-state index contributed by atoms with van der Waals surface area (Å²) in [7, 11) is 0. The van der Waals surface area contributed by atoms with Crippen molar-refractivity contribution in [1.29, 1.82) is 0 Å². The number of fused-ring (bicyclic) bond motifs is 6. The van der Waals surface area contributed by atoms with Gasteiger partial charge in [-0.2, -0.15) is 0 Å². The average molecular weight is 865 g/mol. The summed E-state index contributed by atoms with van der Waals surface area (Å²) in [5.41, 5.74) is 16.3. The fourth-order valence-corrected chi connectivity index (χ4v) is 10.6. The van der Waals surface area contributed by atoms with Gasteiger partial charge in [0.1, 0.15) is 0 Å². The van der Waals surface area contributed by atoms with E-state index in [0.29, 0.717) is 0 Å². The summed E-state index contributed by atoms with van der Waals surface area (Å²) in [6.07, 6.45) is 0. The van der Waals surface area contributed by atoms with Crippen molar-refractivity contribution in [1.82, 2.24) is 4.57 Å². The molecule has 2 nitrogen and oxygen atoms in total. The molecule has 0 unspecified atom stereocenters. The third-order valence-electron chi connectivity index (χ3n) is 13.8. The number of nitrogens with zero attached hydrogens (tertiary/aromatic N) is 2. The van der Waals surface area contributed by atoms with Gasteiger partial charge in [-0.1, -0.05) is 212 Å². The minimum Gasteiger partial charge on any atom is -0.309 e. The molecule has 1 aromatic heterocycles. The first-order valence-corrected chi connectivity index (χ1v) is 23.4. The Kier molecular flexibility index (Phi) is 9.54. The molecule has 0 amide bonds. The van der Waals surface area contributed by atoms with Gasteiger partial charge in [-0.05, 0) is 115 Å². The fourth-order valence-electron chi connectivity index (χ4n) is 10.6. The van der Waals surface area contributed by atoms with Crippen LogP contribution in [0, 0.1) is 0 Å². The Morgan fingerprint density at radius 3 is 1.60 bits per heavy atom. The zero-order chi connectivity index (χ0) is 45.0. The van der Waals surface area contributed by atoms with Crippen molar-refractivity contribution < 1.29 is 0 Å². The lowest BCUT2D eigenvalue weighted by atomic mass is 9.93. The van der Waals surface area contributed by atoms with Crippen LogP contribution in [0.2, 0.25) is 0 Å². The van der Waals surface area contributed by atoms with E-state index in [-0.39, 0.29) is 0 Å². The maximum Gasteiger partial charge on any atom is 0.0541 e. The highest BCUT2D eigenvalue weighted by Gasteiger charge is 2.23. The van der Waals surface area contributed by atoms with E-state index >= 15 is 0 Å². The average Bonchev–Trinajstić information content (AvgIpc) is 3.75. The minimum atomic E-state index is 1.07. The molecule has 13 rings (SSSR count). The zero-order valence-electron chi connectivity index (χ0n) is 37.3. The van der Waals surface area contributed by atoms with E-state index in [1.807, 2.05) is 0 Å². The third-order valence-corrected chi connectivity index (χ3v) is 13.8. The highest BCUT2D eigenvalue weighted by atomic mass is 15.1. The lowest BCUT2D eigenvalue weighted by molar-refractivity contribution is 1.18. The first kappa shape index (κ1) is 39.4. The molecule has 0 N–H and O–H groups in total. The number of hydrogen-bond acceptors (Lipinski definition) is 1. The highest BCUT2D eigenvalue weighted by Crippen LogP contribution is 2.47. The number of anilines is 3. The second-order valence-corrected chi connectivity index (χ2v) is 17.6. The minimum absolute atomic E-state index is 1.07. The van der Waals surface area contributed by atoms with Crippen LogP contribution in [0.25, 0.3) is 104 Å². The van der Waals surface area contributed by atoms with Crippen LogP contribution in [0.15, 0.2) is 267 Å². The largest absolute Gasteiger partial charge is 0.309 e. The molecular weight excluding hydrogens is 821 g/mol. The molecule has 2 heteroatoms. The van der Waals surface area contributed by atoms with E-state index < -0.39 is 0 Å². The number of para-hydroxylation sites is 3. The van der Waals surface area contributed by atoms with Crippen LogP contribution >= 0.6 is 0 Å². The van der Waals surface area contributed by atoms with Crippen molar-refractivity contribution in [2.45, 2.75) is 0 Å².